The summed E-state index contributed by atoms with van der Waals surface area (Å²) in [5.41, 5.74) is -1.28. The fourth-order valence-electron chi connectivity index (χ4n) is 2.70. The summed E-state index contributed by atoms with van der Waals surface area (Å²) in [6.45, 7) is 0. The highest BCUT2D eigenvalue weighted by molar-refractivity contribution is 6.08. The quantitative estimate of drug-likeness (QED) is 0.496. The first-order valence-electron chi connectivity index (χ1n) is 8.65. The molecule has 32 heavy (non-hydrogen) atoms. The Kier molecular flexibility index (Phi) is 6.23. The molecule has 0 bridgehead atoms. The fourth-order valence-corrected chi connectivity index (χ4v) is 2.70. The number of carboxylic acids is 2. The van der Waals surface area contributed by atoms with Gasteiger partial charge in [-0.25, -0.2) is 9.59 Å². The Morgan fingerprint density at radius 1 is 0.656 bits per heavy atom. The van der Waals surface area contributed by atoms with E-state index >= 15 is 0 Å². The average Bonchev–Trinajstić information content (AvgIpc) is 2.81. The molecule has 0 aliphatic heterocycles. The highest BCUT2D eigenvalue weighted by Crippen LogP contribution is 2.34. The Bertz CT molecular complexity index is 1160. The van der Waals surface area contributed by atoms with Crippen molar-refractivity contribution in [2.45, 2.75) is 0 Å². The Labute approximate surface area is 179 Å². The van der Waals surface area contributed by atoms with Gasteiger partial charge in [0.25, 0.3) is 0 Å². The SMILES string of the molecule is COc1nc(OC)nc(-c2ccc(C(=O)O)c(-c3nc(OC)nc(OC)n3)c2C(=O)O)n1. The Balaban J connectivity index is 2.43. The Morgan fingerprint density at radius 3 is 1.47 bits per heavy atom. The average molecular weight is 444 g/mol. The first-order valence-corrected chi connectivity index (χ1v) is 8.65. The molecular weight excluding hydrogens is 428 g/mol. The maximum atomic E-state index is 12.3. The van der Waals surface area contributed by atoms with E-state index in [-0.39, 0.29) is 46.8 Å². The monoisotopic (exact) mass is 444 g/mol. The summed E-state index contributed by atoms with van der Waals surface area (Å²) in [6.07, 6.45) is 0. The molecule has 166 valence electrons. The van der Waals surface area contributed by atoms with Crippen molar-refractivity contribution in [1.82, 2.24) is 29.9 Å². The van der Waals surface area contributed by atoms with Gasteiger partial charge in [-0.15, -0.1) is 9.97 Å². The van der Waals surface area contributed by atoms with Crippen molar-refractivity contribution in [2.24, 2.45) is 0 Å². The van der Waals surface area contributed by atoms with Crippen LogP contribution in [0.15, 0.2) is 12.1 Å². The van der Waals surface area contributed by atoms with Crippen LogP contribution in [0.3, 0.4) is 0 Å². The number of hydrogen-bond donors (Lipinski definition) is 2. The van der Waals surface area contributed by atoms with Crippen LogP contribution in [0.2, 0.25) is 0 Å². The van der Waals surface area contributed by atoms with Gasteiger partial charge in [-0.2, -0.15) is 19.9 Å². The Hall–Kier alpha value is -4.62. The lowest BCUT2D eigenvalue weighted by molar-refractivity contribution is 0.0696. The molecule has 3 aromatic rings. The van der Waals surface area contributed by atoms with Gasteiger partial charge in [0.2, 0.25) is 0 Å². The standard InChI is InChI=1S/C18H16N6O8/c1-29-15-19-11(20-16(23-15)30-2)7-5-6-8(13(25)26)9(10(7)14(27)28)12-21-17(31-3)24-18(22-12)32-4/h5-6H,1-4H3,(H,25,26)(H,27,28). The molecule has 1 aromatic carbocycles. The molecule has 3 rings (SSSR count). The summed E-state index contributed by atoms with van der Waals surface area (Å²) >= 11 is 0. The summed E-state index contributed by atoms with van der Waals surface area (Å²) in [4.78, 5) is 48.1. The van der Waals surface area contributed by atoms with E-state index < -0.39 is 23.1 Å². The topological polar surface area (TPSA) is 189 Å². The molecule has 0 saturated carbocycles. The van der Waals surface area contributed by atoms with Crippen LogP contribution in [0.4, 0.5) is 0 Å². The van der Waals surface area contributed by atoms with E-state index in [4.69, 9.17) is 18.9 Å². The van der Waals surface area contributed by atoms with Crippen LogP contribution in [0.25, 0.3) is 22.8 Å². The highest BCUT2D eigenvalue weighted by Gasteiger charge is 2.29. The van der Waals surface area contributed by atoms with Crippen molar-refractivity contribution in [3.05, 3.63) is 23.3 Å². The van der Waals surface area contributed by atoms with E-state index in [1.807, 2.05) is 0 Å². The first-order chi connectivity index (χ1) is 15.3. The molecule has 2 heterocycles. The third kappa shape index (κ3) is 4.14. The number of rotatable bonds is 8. The maximum Gasteiger partial charge on any atom is 0.337 e. The molecule has 14 heteroatoms. The van der Waals surface area contributed by atoms with E-state index in [1.165, 1.54) is 40.6 Å². The molecule has 0 spiro atoms. The van der Waals surface area contributed by atoms with Crippen molar-refractivity contribution in [1.29, 1.82) is 0 Å². The summed E-state index contributed by atoms with van der Waals surface area (Å²) in [5, 5.41) is 19.7. The van der Waals surface area contributed by atoms with E-state index in [9.17, 15) is 19.8 Å². The predicted molar refractivity (Wildman–Crippen MR) is 104 cm³/mol. The molecule has 0 radical (unpaired) electrons. The number of carboxylic acid groups (broad SMARTS) is 2. The van der Waals surface area contributed by atoms with Crippen LogP contribution in [0, 0.1) is 0 Å². The summed E-state index contributed by atoms with van der Waals surface area (Å²) in [5.74, 6) is -3.36. The van der Waals surface area contributed by atoms with E-state index in [0.717, 1.165) is 0 Å². The predicted octanol–water partition coefficient (Wildman–Crippen LogP) is 0.821. The minimum Gasteiger partial charge on any atom is -0.478 e. The molecule has 0 unspecified atom stereocenters. The smallest absolute Gasteiger partial charge is 0.337 e. The number of methoxy groups -OCH3 is 4. The van der Waals surface area contributed by atoms with Crippen molar-refractivity contribution in [2.75, 3.05) is 28.4 Å². The number of ether oxygens (including phenoxy) is 4. The zero-order chi connectivity index (χ0) is 23.4. The lowest BCUT2D eigenvalue weighted by Gasteiger charge is -2.14. The zero-order valence-corrected chi connectivity index (χ0v) is 17.2. The lowest BCUT2D eigenvalue weighted by atomic mass is 9.94. The van der Waals surface area contributed by atoms with E-state index in [2.05, 4.69) is 29.9 Å². The number of aromatic nitrogens is 6. The molecule has 0 fully saturated rings. The largest absolute Gasteiger partial charge is 0.478 e. The van der Waals surface area contributed by atoms with E-state index in [0.29, 0.717) is 0 Å². The second-order valence-electron chi connectivity index (χ2n) is 5.79. The van der Waals surface area contributed by atoms with Crippen LogP contribution in [0.1, 0.15) is 20.7 Å². The minimum absolute atomic E-state index is 0.0603. The molecule has 0 amide bonds. The summed E-state index contributed by atoms with van der Waals surface area (Å²) in [6, 6.07) is 1.69. The van der Waals surface area contributed by atoms with Gasteiger partial charge in [0.05, 0.1) is 39.6 Å². The van der Waals surface area contributed by atoms with Crippen molar-refractivity contribution >= 4 is 11.9 Å². The van der Waals surface area contributed by atoms with Crippen molar-refractivity contribution < 1.29 is 38.7 Å². The van der Waals surface area contributed by atoms with Gasteiger partial charge in [0, 0.05) is 11.1 Å². The third-order valence-electron chi connectivity index (χ3n) is 4.03. The molecule has 0 aliphatic rings. The molecule has 0 saturated heterocycles. The van der Waals surface area contributed by atoms with E-state index in [1.54, 1.807) is 0 Å². The van der Waals surface area contributed by atoms with Crippen LogP contribution in [-0.2, 0) is 0 Å². The van der Waals surface area contributed by atoms with Gasteiger partial charge >= 0.3 is 36.0 Å². The van der Waals surface area contributed by atoms with Crippen molar-refractivity contribution in [3.63, 3.8) is 0 Å². The number of carbonyl (C=O) groups is 2. The third-order valence-corrected chi connectivity index (χ3v) is 4.03. The van der Waals surface area contributed by atoms with Gasteiger partial charge in [-0.05, 0) is 12.1 Å². The summed E-state index contributed by atoms with van der Waals surface area (Å²) in [7, 11) is 5.15. The Morgan fingerprint density at radius 2 is 1.09 bits per heavy atom. The molecule has 2 aromatic heterocycles. The molecular formula is C18H16N6O8. The van der Waals surface area contributed by atoms with Crippen molar-refractivity contribution in [3.8, 4) is 46.8 Å². The van der Waals surface area contributed by atoms with Gasteiger partial charge < -0.3 is 29.2 Å². The normalized spacial score (nSPS) is 10.4. The highest BCUT2D eigenvalue weighted by atomic mass is 16.5. The molecule has 14 nitrogen and oxygen atoms in total. The molecule has 2 N–H and O–H groups in total. The number of nitrogens with zero attached hydrogens (tertiary/aromatic N) is 6. The maximum absolute atomic E-state index is 12.3. The number of benzene rings is 1. The minimum atomic E-state index is -1.49. The van der Waals surface area contributed by atoms with Gasteiger partial charge in [-0.3, -0.25) is 0 Å². The number of hydrogen-bond acceptors (Lipinski definition) is 12. The second kappa shape index (κ2) is 9.03. The zero-order valence-electron chi connectivity index (χ0n) is 17.2. The van der Waals surface area contributed by atoms with Crippen LogP contribution >= 0.6 is 0 Å². The second-order valence-corrected chi connectivity index (χ2v) is 5.79. The lowest BCUT2D eigenvalue weighted by Crippen LogP contribution is -2.13. The van der Waals surface area contributed by atoms with Gasteiger partial charge in [0.15, 0.2) is 11.6 Å². The van der Waals surface area contributed by atoms with Gasteiger partial charge in [-0.1, -0.05) is 0 Å². The molecule has 0 atom stereocenters. The summed E-state index contributed by atoms with van der Waals surface area (Å²) < 4.78 is 20.0. The molecule has 0 aliphatic carbocycles. The fraction of sp³-hybridized carbons (Fsp3) is 0.222. The first kappa shape index (κ1) is 22.1. The van der Waals surface area contributed by atoms with Crippen LogP contribution in [-0.4, -0.2) is 80.5 Å². The van der Waals surface area contributed by atoms with Crippen LogP contribution in [0.5, 0.6) is 24.0 Å². The van der Waals surface area contributed by atoms with Gasteiger partial charge in [0.1, 0.15) is 0 Å². The van der Waals surface area contributed by atoms with Crippen LogP contribution < -0.4 is 18.9 Å². The number of aromatic carboxylic acids is 2.